The Kier molecular flexibility index (Phi) is 4.26. The van der Waals surface area contributed by atoms with E-state index in [0.29, 0.717) is 5.16 Å². The maximum Gasteiger partial charge on any atom is 0.313 e. The predicted octanol–water partition coefficient (Wildman–Crippen LogP) is 2.82. The summed E-state index contributed by atoms with van der Waals surface area (Å²) in [5.41, 5.74) is 2.01. The van der Waals surface area contributed by atoms with Crippen LogP contribution in [0.15, 0.2) is 27.8 Å². The van der Waals surface area contributed by atoms with Crippen LogP contribution in [0.4, 0.5) is 0 Å². The number of carbonyl (C=O) groups is 1. The molecule has 1 aromatic heterocycles. The summed E-state index contributed by atoms with van der Waals surface area (Å²) in [7, 11) is 0. The van der Waals surface area contributed by atoms with Gasteiger partial charge >= 0.3 is 5.97 Å². The van der Waals surface area contributed by atoms with Crippen LogP contribution in [-0.4, -0.2) is 31.6 Å². The first-order valence-corrected chi connectivity index (χ1v) is 7.30. The van der Waals surface area contributed by atoms with Gasteiger partial charge in [-0.05, 0) is 31.5 Å². The lowest BCUT2D eigenvalue weighted by atomic mass is 10.2. The lowest BCUT2D eigenvalue weighted by Gasteiger charge is -2.11. The van der Waals surface area contributed by atoms with Crippen molar-refractivity contribution in [2.24, 2.45) is 0 Å². The quantitative estimate of drug-likeness (QED) is 0.866. The molecule has 19 heavy (non-hydrogen) atoms. The molecule has 0 aliphatic heterocycles. The van der Waals surface area contributed by atoms with Crippen LogP contribution in [0.5, 0.6) is 0 Å². The Morgan fingerprint density at radius 3 is 2.84 bits per heavy atom. The zero-order valence-electron chi connectivity index (χ0n) is 10.4. The van der Waals surface area contributed by atoms with E-state index >= 15 is 0 Å². The molecule has 0 fully saturated rings. The third kappa shape index (κ3) is 2.98. The topological polar surface area (TPSA) is 68.0 Å². The lowest BCUT2D eigenvalue weighted by molar-refractivity contribution is -0.133. The number of halogens is 1. The number of carboxylic acid groups (broad SMARTS) is 1. The molecule has 1 N–H and O–H groups in total. The number of rotatable bonds is 4. The Morgan fingerprint density at radius 2 is 2.16 bits per heavy atom. The Bertz CT molecular complexity index is 627. The van der Waals surface area contributed by atoms with Gasteiger partial charge in [-0.3, -0.25) is 9.36 Å². The number of aryl methyl sites for hydroxylation is 1. The standard InChI is InChI=1S/C12H12BrN3O2S/c1-7-9(13)4-3-5-10(7)16-8(2)14-15-12(16)19-6-11(17)18/h3-5H,6H2,1-2H3,(H,17,18). The lowest BCUT2D eigenvalue weighted by Crippen LogP contribution is -2.04. The first-order chi connectivity index (χ1) is 9.00. The molecule has 0 unspecified atom stereocenters. The zero-order chi connectivity index (χ0) is 14.0. The molecule has 0 saturated heterocycles. The zero-order valence-corrected chi connectivity index (χ0v) is 12.8. The van der Waals surface area contributed by atoms with Gasteiger partial charge in [0, 0.05) is 4.47 Å². The number of aromatic nitrogens is 3. The number of hydrogen-bond donors (Lipinski definition) is 1. The van der Waals surface area contributed by atoms with Crippen LogP contribution in [0.25, 0.3) is 5.69 Å². The SMILES string of the molecule is Cc1c(Br)cccc1-n1c(C)nnc1SCC(=O)O. The number of nitrogens with zero attached hydrogens (tertiary/aromatic N) is 3. The Balaban J connectivity index is 2.46. The van der Waals surface area contributed by atoms with Gasteiger partial charge in [-0.15, -0.1) is 10.2 Å². The molecule has 100 valence electrons. The van der Waals surface area contributed by atoms with E-state index in [-0.39, 0.29) is 5.75 Å². The Morgan fingerprint density at radius 1 is 1.42 bits per heavy atom. The van der Waals surface area contributed by atoms with Gasteiger partial charge in [0.25, 0.3) is 0 Å². The number of carboxylic acids is 1. The highest BCUT2D eigenvalue weighted by Crippen LogP contribution is 2.27. The van der Waals surface area contributed by atoms with Gasteiger partial charge < -0.3 is 5.11 Å². The molecule has 0 bridgehead atoms. The largest absolute Gasteiger partial charge is 0.481 e. The van der Waals surface area contributed by atoms with Crippen LogP contribution in [0.3, 0.4) is 0 Å². The highest BCUT2D eigenvalue weighted by molar-refractivity contribution is 9.10. The average molecular weight is 342 g/mol. The molecule has 0 aliphatic rings. The van der Waals surface area contributed by atoms with Gasteiger partial charge in [-0.2, -0.15) is 0 Å². The minimum atomic E-state index is -0.872. The molecule has 1 aromatic carbocycles. The van der Waals surface area contributed by atoms with E-state index in [4.69, 9.17) is 5.11 Å². The number of hydrogen-bond acceptors (Lipinski definition) is 4. The van der Waals surface area contributed by atoms with E-state index < -0.39 is 5.97 Å². The van der Waals surface area contributed by atoms with Crippen molar-refractivity contribution in [1.82, 2.24) is 14.8 Å². The van der Waals surface area contributed by atoms with E-state index in [1.54, 1.807) is 0 Å². The molecule has 5 nitrogen and oxygen atoms in total. The number of aliphatic carboxylic acids is 1. The number of benzene rings is 1. The van der Waals surface area contributed by atoms with Crippen LogP contribution in [0.1, 0.15) is 11.4 Å². The van der Waals surface area contributed by atoms with Crippen molar-refractivity contribution in [3.05, 3.63) is 34.1 Å². The molecule has 2 aromatic rings. The summed E-state index contributed by atoms with van der Waals surface area (Å²) >= 11 is 4.65. The fourth-order valence-corrected chi connectivity index (χ4v) is 2.74. The van der Waals surface area contributed by atoms with Crippen LogP contribution in [0.2, 0.25) is 0 Å². The maximum absolute atomic E-state index is 10.7. The second-order valence-corrected chi connectivity index (χ2v) is 5.73. The Labute approximate surface area is 123 Å². The van der Waals surface area contributed by atoms with Crippen molar-refractivity contribution in [1.29, 1.82) is 0 Å². The van der Waals surface area contributed by atoms with Crippen molar-refractivity contribution in [3.8, 4) is 5.69 Å². The van der Waals surface area contributed by atoms with E-state index in [2.05, 4.69) is 26.1 Å². The second kappa shape index (κ2) is 5.75. The average Bonchev–Trinajstić information content (AvgIpc) is 2.72. The van der Waals surface area contributed by atoms with Crippen molar-refractivity contribution < 1.29 is 9.90 Å². The first-order valence-electron chi connectivity index (χ1n) is 5.53. The smallest absolute Gasteiger partial charge is 0.313 e. The third-order valence-electron chi connectivity index (χ3n) is 2.60. The predicted molar refractivity (Wildman–Crippen MR) is 76.9 cm³/mol. The summed E-state index contributed by atoms with van der Waals surface area (Å²) in [6, 6.07) is 5.85. The molecule has 0 aliphatic carbocycles. The number of thioether (sulfide) groups is 1. The van der Waals surface area contributed by atoms with Crippen LogP contribution in [-0.2, 0) is 4.79 Å². The fourth-order valence-electron chi connectivity index (χ4n) is 1.68. The fraction of sp³-hybridized carbons (Fsp3) is 0.250. The highest BCUT2D eigenvalue weighted by Gasteiger charge is 2.15. The molecule has 0 atom stereocenters. The summed E-state index contributed by atoms with van der Waals surface area (Å²) in [5, 5.41) is 17.4. The summed E-state index contributed by atoms with van der Waals surface area (Å²) in [5.74, 6) is -0.178. The third-order valence-corrected chi connectivity index (χ3v) is 4.37. The van der Waals surface area contributed by atoms with Crippen molar-refractivity contribution in [3.63, 3.8) is 0 Å². The van der Waals surface area contributed by atoms with Crippen LogP contribution >= 0.6 is 27.7 Å². The molecule has 1 heterocycles. The van der Waals surface area contributed by atoms with Gasteiger partial charge in [0.05, 0.1) is 11.4 Å². The summed E-state index contributed by atoms with van der Waals surface area (Å²) in [6.45, 7) is 3.84. The molecule has 0 saturated carbocycles. The normalized spacial score (nSPS) is 10.7. The van der Waals surface area contributed by atoms with E-state index in [9.17, 15) is 4.79 Å². The highest BCUT2D eigenvalue weighted by atomic mass is 79.9. The summed E-state index contributed by atoms with van der Waals surface area (Å²) in [4.78, 5) is 10.7. The van der Waals surface area contributed by atoms with Crippen LogP contribution < -0.4 is 0 Å². The minimum absolute atomic E-state index is 0.0365. The summed E-state index contributed by atoms with van der Waals surface area (Å²) < 4.78 is 2.86. The van der Waals surface area contributed by atoms with E-state index in [0.717, 1.165) is 33.3 Å². The Hall–Kier alpha value is -1.34. The monoisotopic (exact) mass is 341 g/mol. The molecule has 0 spiro atoms. The van der Waals surface area contributed by atoms with Gasteiger partial charge in [-0.25, -0.2) is 0 Å². The first kappa shape index (κ1) is 14.1. The van der Waals surface area contributed by atoms with E-state index in [1.165, 1.54) is 0 Å². The van der Waals surface area contributed by atoms with Gasteiger partial charge in [0.15, 0.2) is 5.16 Å². The van der Waals surface area contributed by atoms with Gasteiger partial charge in [-0.1, -0.05) is 33.8 Å². The minimum Gasteiger partial charge on any atom is -0.481 e. The van der Waals surface area contributed by atoms with Crippen molar-refractivity contribution in [2.45, 2.75) is 19.0 Å². The molecule has 2 rings (SSSR count). The van der Waals surface area contributed by atoms with Crippen molar-refractivity contribution >= 4 is 33.7 Å². The van der Waals surface area contributed by atoms with Gasteiger partial charge in [0.1, 0.15) is 5.82 Å². The van der Waals surface area contributed by atoms with Gasteiger partial charge in [0.2, 0.25) is 0 Å². The molecule has 0 amide bonds. The maximum atomic E-state index is 10.7. The van der Waals surface area contributed by atoms with E-state index in [1.807, 2.05) is 36.6 Å². The summed E-state index contributed by atoms with van der Waals surface area (Å²) in [6.07, 6.45) is 0. The second-order valence-electron chi connectivity index (χ2n) is 3.93. The molecule has 0 radical (unpaired) electrons. The molecular formula is C12H12BrN3O2S. The molecular weight excluding hydrogens is 330 g/mol. The van der Waals surface area contributed by atoms with Crippen molar-refractivity contribution in [2.75, 3.05) is 5.75 Å². The molecule has 7 heteroatoms. The van der Waals surface area contributed by atoms with Crippen LogP contribution in [0, 0.1) is 13.8 Å².